The van der Waals surface area contributed by atoms with Gasteiger partial charge in [0.25, 0.3) is 5.91 Å². The number of halogens is 1. The molecule has 0 saturated heterocycles. The van der Waals surface area contributed by atoms with Gasteiger partial charge in [-0.3, -0.25) is 4.79 Å². The van der Waals surface area contributed by atoms with Gasteiger partial charge in [0, 0.05) is 28.3 Å². The zero-order chi connectivity index (χ0) is 16.5. The molecule has 3 aromatic rings. The molecule has 1 aliphatic rings. The molecule has 0 aliphatic carbocycles. The van der Waals surface area contributed by atoms with Crippen LogP contribution in [0.5, 0.6) is 0 Å². The largest absolute Gasteiger partial charge is 0.331 e. The van der Waals surface area contributed by atoms with Crippen LogP contribution in [0.15, 0.2) is 53.9 Å². The molecular weight excluding hydrogens is 342 g/mol. The van der Waals surface area contributed by atoms with Gasteiger partial charge in [0.05, 0.1) is 0 Å². The third kappa shape index (κ3) is 2.88. The van der Waals surface area contributed by atoms with Crippen molar-refractivity contribution in [1.29, 1.82) is 0 Å². The first-order valence-electron chi connectivity index (χ1n) is 7.58. The highest BCUT2D eigenvalue weighted by atomic mass is 35.5. The van der Waals surface area contributed by atoms with E-state index in [1.165, 1.54) is 16.9 Å². The first-order valence-corrected chi connectivity index (χ1v) is 8.84. The molecule has 0 fully saturated rings. The Kier molecular flexibility index (Phi) is 3.96. The molecule has 120 valence electrons. The van der Waals surface area contributed by atoms with Gasteiger partial charge in [-0.25, -0.2) is 4.98 Å². The molecule has 2 aromatic carbocycles. The van der Waals surface area contributed by atoms with E-state index in [0.29, 0.717) is 22.4 Å². The number of benzene rings is 2. The summed E-state index contributed by atoms with van der Waals surface area (Å²) in [5, 5.41) is 6.30. The fourth-order valence-electron chi connectivity index (χ4n) is 2.81. The summed E-state index contributed by atoms with van der Waals surface area (Å²) < 4.78 is 0. The summed E-state index contributed by atoms with van der Waals surface area (Å²) in [4.78, 5) is 19.0. The van der Waals surface area contributed by atoms with E-state index in [4.69, 9.17) is 11.6 Å². The number of aromatic nitrogens is 1. The SMILES string of the molecule is O=C(c1csc(Nc2cccc(Cl)c2)n1)N1CCc2ccccc21. The molecule has 0 radical (unpaired) electrons. The van der Waals surface area contributed by atoms with E-state index >= 15 is 0 Å². The Morgan fingerprint density at radius 3 is 2.96 bits per heavy atom. The molecule has 1 aliphatic heterocycles. The Hall–Kier alpha value is -2.37. The molecule has 0 saturated carbocycles. The van der Waals surface area contributed by atoms with Gasteiger partial charge in [-0.15, -0.1) is 11.3 Å². The lowest BCUT2D eigenvalue weighted by Crippen LogP contribution is -2.29. The highest BCUT2D eigenvalue weighted by Crippen LogP contribution is 2.30. The van der Waals surface area contributed by atoms with Crippen LogP contribution in [0.2, 0.25) is 5.02 Å². The monoisotopic (exact) mass is 355 g/mol. The molecule has 2 heterocycles. The van der Waals surface area contributed by atoms with Crippen LogP contribution in [0.3, 0.4) is 0 Å². The molecular formula is C18H14ClN3OS. The van der Waals surface area contributed by atoms with Crippen LogP contribution in [0.4, 0.5) is 16.5 Å². The lowest BCUT2D eigenvalue weighted by Gasteiger charge is -2.15. The standard InChI is InChI=1S/C18H14ClN3OS/c19-13-5-3-6-14(10-13)20-18-21-15(11-24-18)17(23)22-9-8-12-4-1-2-7-16(12)22/h1-7,10-11H,8-9H2,(H,20,21). The zero-order valence-electron chi connectivity index (χ0n) is 12.7. The van der Waals surface area contributed by atoms with Gasteiger partial charge in [-0.2, -0.15) is 0 Å². The van der Waals surface area contributed by atoms with Crippen LogP contribution >= 0.6 is 22.9 Å². The Labute approximate surface area is 148 Å². The molecule has 0 spiro atoms. The van der Waals surface area contributed by atoms with E-state index in [1.807, 2.05) is 42.5 Å². The van der Waals surface area contributed by atoms with Crippen molar-refractivity contribution >= 4 is 45.4 Å². The average Bonchev–Trinajstić information content (AvgIpc) is 3.21. The van der Waals surface area contributed by atoms with Crippen LogP contribution in [0.1, 0.15) is 16.1 Å². The Balaban J connectivity index is 1.54. The van der Waals surface area contributed by atoms with Crippen molar-refractivity contribution in [1.82, 2.24) is 4.98 Å². The van der Waals surface area contributed by atoms with Gasteiger partial charge in [0.1, 0.15) is 5.69 Å². The number of carbonyl (C=O) groups excluding carboxylic acids is 1. The van der Waals surface area contributed by atoms with E-state index < -0.39 is 0 Å². The summed E-state index contributed by atoms with van der Waals surface area (Å²) in [5.74, 6) is -0.0599. The smallest absolute Gasteiger partial charge is 0.277 e. The second-order valence-electron chi connectivity index (χ2n) is 5.51. The number of hydrogen-bond acceptors (Lipinski definition) is 4. The lowest BCUT2D eigenvalue weighted by atomic mass is 10.2. The lowest BCUT2D eigenvalue weighted by molar-refractivity contribution is 0.0985. The molecule has 24 heavy (non-hydrogen) atoms. The first kappa shape index (κ1) is 15.2. The zero-order valence-corrected chi connectivity index (χ0v) is 14.3. The summed E-state index contributed by atoms with van der Waals surface area (Å²) in [6.07, 6.45) is 0.889. The quantitative estimate of drug-likeness (QED) is 0.737. The Morgan fingerprint density at radius 1 is 1.21 bits per heavy atom. The van der Waals surface area contributed by atoms with E-state index in [-0.39, 0.29) is 5.91 Å². The van der Waals surface area contributed by atoms with E-state index in [1.54, 1.807) is 10.3 Å². The van der Waals surface area contributed by atoms with Gasteiger partial charge < -0.3 is 10.2 Å². The van der Waals surface area contributed by atoms with Crippen molar-refractivity contribution in [3.05, 3.63) is 70.2 Å². The third-order valence-corrected chi connectivity index (χ3v) is 4.92. The van der Waals surface area contributed by atoms with Crippen LogP contribution in [-0.2, 0) is 6.42 Å². The minimum Gasteiger partial charge on any atom is -0.331 e. The Morgan fingerprint density at radius 2 is 2.08 bits per heavy atom. The number of thiazole rings is 1. The second-order valence-corrected chi connectivity index (χ2v) is 6.80. The third-order valence-electron chi connectivity index (χ3n) is 3.93. The summed E-state index contributed by atoms with van der Waals surface area (Å²) in [6.45, 7) is 0.701. The molecule has 1 aromatic heterocycles. The first-order chi connectivity index (χ1) is 11.7. The van der Waals surface area contributed by atoms with Gasteiger partial charge in [-0.05, 0) is 36.2 Å². The summed E-state index contributed by atoms with van der Waals surface area (Å²) in [6, 6.07) is 15.4. The molecule has 4 rings (SSSR count). The summed E-state index contributed by atoms with van der Waals surface area (Å²) in [5.41, 5.74) is 3.50. The second kappa shape index (κ2) is 6.26. The maximum Gasteiger partial charge on any atom is 0.277 e. The Bertz CT molecular complexity index is 909. The minimum absolute atomic E-state index is 0.0599. The number of carbonyl (C=O) groups is 1. The van der Waals surface area contributed by atoms with Crippen molar-refractivity contribution in [2.24, 2.45) is 0 Å². The maximum atomic E-state index is 12.8. The van der Waals surface area contributed by atoms with Crippen molar-refractivity contribution in [2.75, 3.05) is 16.8 Å². The topological polar surface area (TPSA) is 45.2 Å². The molecule has 0 atom stereocenters. The predicted molar refractivity (Wildman–Crippen MR) is 98.7 cm³/mol. The number of para-hydroxylation sites is 1. The minimum atomic E-state index is -0.0599. The molecule has 6 heteroatoms. The average molecular weight is 356 g/mol. The predicted octanol–water partition coefficient (Wildman–Crippen LogP) is 4.74. The van der Waals surface area contributed by atoms with Crippen molar-refractivity contribution in [3.63, 3.8) is 0 Å². The number of rotatable bonds is 3. The number of nitrogens with zero attached hydrogens (tertiary/aromatic N) is 2. The normalized spacial score (nSPS) is 13.0. The number of anilines is 3. The van der Waals surface area contributed by atoms with Gasteiger partial charge in [0.2, 0.25) is 0 Å². The van der Waals surface area contributed by atoms with Crippen LogP contribution in [0, 0.1) is 0 Å². The number of hydrogen-bond donors (Lipinski definition) is 1. The van der Waals surface area contributed by atoms with Crippen LogP contribution in [-0.4, -0.2) is 17.4 Å². The van der Waals surface area contributed by atoms with Crippen LogP contribution < -0.4 is 10.2 Å². The fourth-order valence-corrected chi connectivity index (χ4v) is 3.70. The molecule has 4 nitrogen and oxygen atoms in total. The molecule has 1 N–H and O–H groups in total. The van der Waals surface area contributed by atoms with Crippen molar-refractivity contribution in [3.8, 4) is 0 Å². The van der Waals surface area contributed by atoms with Crippen molar-refractivity contribution in [2.45, 2.75) is 6.42 Å². The van der Waals surface area contributed by atoms with Crippen molar-refractivity contribution < 1.29 is 4.79 Å². The summed E-state index contributed by atoms with van der Waals surface area (Å²) >= 11 is 7.39. The summed E-state index contributed by atoms with van der Waals surface area (Å²) in [7, 11) is 0. The molecule has 1 amide bonds. The van der Waals surface area contributed by atoms with Gasteiger partial charge in [0.15, 0.2) is 5.13 Å². The fraction of sp³-hybridized carbons (Fsp3) is 0.111. The molecule has 0 unspecified atom stereocenters. The van der Waals surface area contributed by atoms with E-state index in [0.717, 1.165) is 17.8 Å². The highest BCUT2D eigenvalue weighted by Gasteiger charge is 2.26. The van der Waals surface area contributed by atoms with E-state index in [2.05, 4.69) is 16.4 Å². The van der Waals surface area contributed by atoms with Gasteiger partial charge >= 0.3 is 0 Å². The van der Waals surface area contributed by atoms with Crippen LogP contribution in [0.25, 0.3) is 0 Å². The highest BCUT2D eigenvalue weighted by molar-refractivity contribution is 7.14. The number of amides is 1. The van der Waals surface area contributed by atoms with Gasteiger partial charge in [-0.1, -0.05) is 35.9 Å². The molecule has 0 bridgehead atoms. The maximum absolute atomic E-state index is 12.8. The number of nitrogens with one attached hydrogen (secondary N) is 1. The number of fused-ring (bicyclic) bond motifs is 1. The van der Waals surface area contributed by atoms with E-state index in [9.17, 15) is 4.79 Å².